The van der Waals surface area contributed by atoms with Crippen LogP contribution in [0, 0.1) is 5.92 Å². The minimum absolute atomic E-state index is 0.277. The molecule has 0 aromatic rings. The molecule has 0 radical (unpaired) electrons. The Bertz CT molecular complexity index is 478. The maximum absolute atomic E-state index is 13.1. The second kappa shape index (κ2) is 6.87. The molecular formula is C11H11F13O2. The molecule has 2 N–H and O–H groups in total. The number of alkyl halides is 13. The summed E-state index contributed by atoms with van der Waals surface area (Å²) in [5.41, 5.74) is -5.81. The first-order valence-corrected chi connectivity index (χ1v) is 6.38. The van der Waals surface area contributed by atoms with Crippen LogP contribution in [0.5, 0.6) is 0 Å². The van der Waals surface area contributed by atoms with Gasteiger partial charge in [-0.05, 0) is 18.8 Å². The second-order valence-electron chi connectivity index (χ2n) is 5.61. The summed E-state index contributed by atoms with van der Waals surface area (Å²) >= 11 is 0. The average molecular weight is 422 g/mol. The minimum Gasteiger partial charge on any atom is -0.386 e. The number of aliphatic hydroxyl groups excluding tert-OH is 1. The second-order valence-corrected chi connectivity index (χ2v) is 5.61. The lowest BCUT2D eigenvalue weighted by atomic mass is 9.82. The van der Waals surface area contributed by atoms with Crippen LogP contribution in [0.2, 0.25) is 0 Å². The molecule has 0 aliphatic carbocycles. The van der Waals surface area contributed by atoms with E-state index in [2.05, 4.69) is 0 Å². The van der Waals surface area contributed by atoms with Crippen LogP contribution in [-0.4, -0.2) is 52.3 Å². The van der Waals surface area contributed by atoms with Gasteiger partial charge in [-0.2, -0.15) is 57.1 Å². The third-order valence-electron chi connectivity index (χ3n) is 3.41. The van der Waals surface area contributed by atoms with Crippen LogP contribution in [0.15, 0.2) is 0 Å². The van der Waals surface area contributed by atoms with Crippen molar-refractivity contribution in [2.24, 2.45) is 5.92 Å². The quantitative estimate of drug-likeness (QED) is 0.621. The van der Waals surface area contributed by atoms with E-state index >= 15 is 0 Å². The molecule has 2 nitrogen and oxygen atoms in total. The molecule has 0 rings (SSSR count). The first-order chi connectivity index (χ1) is 11.0. The molecule has 0 aromatic heterocycles. The maximum Gasteiger partial charge on any atom is 0.456 e. The van der Waals surface area contributed by atoms with Crippen molar-refractivity contribution in [2.75, 3.05) is 0 Å². The summed E-state index contributed by atoms with van der Waals surface area (Å²) in [4.78, 5) is 0. The monoisotopic (exact) mass is 422 g/mol. The lowest BCUT2D eigenvalue weighted by Crippen LogP contribution is -2.65. The van der Waals surface area contributed by atoms with Gasteiger partial charge >= 0.3 is 30.4 Å². The molecule has 0 aliphatic rings. The molecule has 0 bridgehead atoms. The van der Waals surface area contributed by atoms with Crippen LogP contribution in [0.3, 0.4) is 0 Å². The molecule has 3 atom stereocenters. The van der Waals surface area contributed by atoms with E-state index in [-0.39, 0.29) is 6.92 Å². The SMILES string of the molecule is CC(CC(O)C(F)(F)C(F)(F)F)CC(O)(C(F)(F)F)C(F)(F)C(F)(F)F. The molecule has 26 heavy (non-hydrogen) atoms. The zero-order valence-corrected chi connectivity index (χ0v) is 12.4. The summed E-state index contributed by atoms with van der Waals surface area (Å²) in [6.07, 6.45) is -28.2. The van der Waals surface area contributed by atoms with Crippen LogP contribution in [0.25, 0.3) is 0 Å². The summed E-state index contributed by atoms with van der Waals surface area (Å²) in [6, 6.07) is 0. The molecule has 0 spiro atoms. The van der Waals surface area contributed by atoms with Gasteiger partial charge in [0.05, 0.1) is 0 Å². The van der Waals surface area contributed by atoms with Gasteiger partial charge in [-0.25, -0.2) is 0 Å². The summed E-state index contributed by atoms with van der Waals surface area (Å²) in [6.45, 7) is 0.277. The van der Waals surface area contributed by atoms with E-state index in [1.165, 1.54) is 0 Å². The fourth-order valence-corrected chi connectivity index (χ4v) is 1.96. The van der Waals surface area contributed by atoms with Crippen molar-refractivity contribution in [2.45, 2.75) is 61.8 Å². The lowest BCUT2D eigenvalue weighted by molar-refractivity contribution is -0.406. The lowest BCUT2D eigenvalue weighted by Gasteiger charge is -2.39. The number of hydrogen-bond donors (Lipinski definition) is 2. The molecule has 3 unspecified atom stereocenters. The molecule has 15 heteroatoms. The molecule has 158 valence electrons. The molecule has 0 aliphatic heterocycles. The Morgan fingerprint density at radius 3 is 1.35 bits per heavy atom. The summed E-state index contributed by atoms with van der Waals surface area (Å²) in [5, 5.41) is 17.8. The van der Waals surface area contributed by atoms with Gasteiger partial charge in [-0.1, -0.05) is 6.92 Å². The third kappa shape index (κ3) is 4.46. The zero-order valence-electron chi connectivity index (χ0n) is 12.4. The minimum atomic E-state index is -6.91. The van der Waals surface area contributed by atoms with Crippen molar-refractivity contribution in [3.05, 3.63) is 0 Å². The molecule has 0 fully saturated rings. The predicted octanol–water partition coefficient (Wildman–Crippen LogP) is 4.45. The first-order valence-electron chi connectivity index (χ1n) is 6.38. The van der Waals surface area contributed by atoms with E-state index in [1.54, 1.807) is 0 Å². The highest BCUT2D eigenvalue weighted by Gasteiger charge is 2.79. The Balaban J connectivity index is 5.66. The highest BCUT2D eigenvalue weighted by atomic mass is 19.4. The van der Waals surface area contributed by atoms with Crippen molar-refractivity contribution in [3.8, 4) is 0 Å². The smallest absolute Gasteiger partial charge is 0.386 e. The highest BCUT2D eigenvalue weighted by molar-refractivity contribution is 5.04. The summed E-state index contributed by atoms with van der Waals surface area (Å²) in [5.74, 6) is -15.1. The number of hydrogen-bond acceptors (Lipinski definition) is 2. The van der Waals surface area contributed by atoms with Crippen molar-refractivity contribution >= 4 is 0 Å². The standard InChI is InChI=1S/C11H11F13O2/c1-4(2-5(25)7(12,13)10(19,20)21)3-6(26,9(16,17)18)8(14,15)11(22,23)24/h4-5,25-26H,2-3H2,1H3. The Labute approximate surface area is 136 Å². The van der Waals surface area contributed by atoms with Gasteiger partial charge < -0.3 is 10.2 Å². The topological polar surface area (TPSA) is 40.5 Å². The normalized spacial score (nSPS) is 19.8. The van der Waals surface area contributed by atoms with Gasteiger partial charge in [0.15, 0.2) is 0 Å². The zero-order chi connectivity index (χ0) is 21.6. The van der Waals surface area contributed by atoms with E-state index in [9.17, 15) is 57.1 Å². The van der Waals surface area contributed by atoms with E-state index in [0.29, 0.717) is 0 Å². The van der Waals surface area contributed by atoms with Crippen LogP contribution in [0.1, 0.15) is 19.8 Å². The number of halogens is 13. The van der Waals surface area contributed by atoms with E-state index in [4.69, 9.17) is 10.2 Å². The Morgan fingerprint density at radius 1 is 0.692 bits per heavy atom. The van der Waals surface area contributed by atoms with Gasteiger partial charge in [0.2, 0.25) is 5.60 Å². The predicted molar refractivity (Wildman–Crippen MR) is 57.4 cm³/mol. The molecule has 0 saturated heterocycles. The van der Waals surface area contributed by atoms with Gasteiger partial charge in [-0.3, -0.25) is 0 Å². The van der Waals surface area contributed by atoms with E-state index in [1.807, 2.05) is 0 Å². The molecule has 0 amide bonds. The van der Waals surface area contributed by atoms with Crippen molar-refractivity contribution in [1.29, 1.82) is 0 Å². The Hall–Kier alpha value is -0.990. The molecular weight excluding hydrogens is 411 g/mol. The Morgan fingerprint density at radius 2 is 1.08 bits per heavy atom. The van der Waals surface area contributed by atoms with Crippen molar-refractivity contribution in [1.82, 2.24) is 0 Å². The van der Waals surface area contributed by atoms with E-state index < -0.39 is 60.8 Å². The van der Waals surface area contributed by atoms with Crippen LogP contribution in [-0.2, 0) is 0 Å². The summed E-state index contributed by atoms with van der Waals surface area (Å²) < 4.78 is 162. The van der Waals surface area contributed by atoms with Crippen LogP contribution >= 0.6 is 0 Å². The van der Waals surface area contributed by atoms with Crippen LogP contribution in [0.4, 0.5) is 57.1 Å². The first kappa shape index (κ1) is 25.0. The van der Waals surface area contributed by atoms with Crippen LogP contribution < -0.4 is 0 Å². The molecule has 0 saturated carbocycles. The van der Waals surface area contributed by atoms with Gasteiger partial charge in [0.25, 0.3) is 0 Å². The highest BCUT2D eigenvalue weighted by Crippen LogP contribution is 2.53. The fourth-order valence-electron chi connectivity index (χ4n) is 1.96. The third-order valence-corrected chi connectivity index (χ3v) is 3.41. The fraction of sp³-hybridized carbons (Fsp3) is 1.00. The largest absolute Gasteiger partial charge is 0.456 e. The number of rotatable bonds is 6. The average Bonchev–Trinajstić information content (AvgIpc) is 2.33. The maximum atomic E-state index is 13.1. The van der Waals surface area contributed by atoms with Gasteiger partial charge in [-0.15, -0.1) is 0 Å². The van der Waals surface area contributed by atoms with Gasteiger partial charge in [0.1, 0.15) is 6.10 Å². The number of aliphatic hydroxyl groups is 2. The van der Waals surface area contributed by atoms with Gasteiger partial charge in [0, 0.05) is 0 Å². The molecule has 0 aromatic carbocycles. The molecule has 0 heterocycles. The van der Waals surface area contributed by atoms with Crippen molar-refractivity contribution < 1.29 is 67.3 Å². The Kier molecular flexibility index (Phi) is 6.61. The van der Waals surface area contributed by atoms with Crippen molar-refractivity contribution in [3.63, 3.8) is 0 Å². The summed E-state index contributed by atoms with van der Waals surface area (Å²) in [7, 11) is 0. The van der Waals surface area contributed by atoms with E-state index in [0.717, 1.165) is 0 Å².